The van der Waals surface area contributed by atoms with E-state index < -0.39 is 0 Å². The van der Waals surface area contributed by atoms with Crippen LogP contribution in [0.25, 0.3) is 0 Å². The zero-order valence-corrected chi connectivity index (χ0v) is 10.1. The first-order valence-electron chi connectivity index (χ1n) is 6.27. The van der Waals surface area contributed by atoms with E-state index in [0.29, 0.717) is 6.04 Å². The Balaban J connectivity index is 1.68. The quantitative estimate of drug-likeness (QED) is 0.727. The molecule has 0 aliphatic heterocycles. The van der Waals surface area contributed by atoms with Crippen molar-refractivity contribution in [2.24, 2.45) is 23.2 Å². The lowest BCUT2D eigenvalue weighted by Crippen LogP contribution is -2.34. The highest BCUT2D eigenvalue weighted by molar-refractivity contribution is 5.11. The minimum atomic E-state index is 0.661. The maximum atomic E-state index is 3.57. The summed E-state index contributed by atoms with van der Waals surface area (Å²) < 4.78 is 0. The standard InChI is InChI=1S/C13H25N/c1-9(2)11-5-13(6-11)7-12(13)8-14-10(3)4/h9-12,14H,5-8H2,1-4H3. The molecule has 0 amide bonds. The van der Waals surface area contributed by atoms with Crippen molar-refractivity contribution in [3.63, 3.8) is 0 Å². The average Bonchev–Trinajstić information content (AvgIpc) is 2.71. The van der Waals surface area contributed by atoms with Crippen LogP contribution in [-0.4, -0.2) is 12.6 Å². The molecule has 0 aromatic rings. The topological polar surface area (TPSA) is 12.0 Å². The molecule has 0 radical (unpaired) electrons. The predicted octanol–water partition coefficient (Wildman–Crippen LogP) is 3.06. The van der Waals surface area contributed by atoms with Gasteiger partial charge in [0.15, 0.2) is 0 Å². The van der Waals surface area contributed by atoms with Gasteiger partial charge in [-0.05, 0) is 49.0 Å². The molecule has 0 aromatic carbocycles. The monoisotopic (exact) mass is 195 g/mol. The molecule has 0 saturated heterocycles. The summed E-state index contributed by atoms with van der Waals surface area (Å²) in [5, 5.41) is 3.57. The molecule has 2 aliphatic rings. The highest BCUT2D eigenvalue weighted by Crippen LogP contribution is 2.68. The van der Waals surface area contributed by atoms with E-state index in [-0.39, 0.29) is 0 Å². The van der Waals surface area contributed by atoms with E-state index in [9.17, 15) is 0 Å². The van der Waals surface area contributed by atoms with Crippen molar-refractivity contribution in [1.82, 2.24) is 5.32 Å². The Kier molecular flexibility index (Phi) is 2.63. The third-order valence-electron chi connectivity index (χ3n) is 4.41. The Morgan fingerprint density at radius 1 is 1.14 bits per heavy atom. The summed E-state index contributed by atoms with van der Waals surface area (Å²) in [5.74, 6) is 2.97. The summed E-state index contributed by atoms with van der Waals surface area (Å²) in [4.78, 5) is 0. The SMILES string of the molecule is CC(C)NCC1CC12CC(C(C)C)C2. The fourth-order valence-electron chi connectivity index (χ4n) is 3.05. The summed E-state index contributed by atoms with van der Waals surface area (Å²) >= 11 is 0. The summed E-state index contributed by atoms with van der Waals surface area (Å²) in [5.41, 5.74) is 0.816. The molecule has 14 heavy (non-hydrogen) atoms. The molecular formula is C13H25N. The lowest BCUT2D eigenvalue weighted by molar-refractivity contribution is 0.105. The molecule has 1 heteroatoms. The van der Waals surface area contributed by atoms with Gasteiger partial charge in [0.25, 0.3) is 0 Å². The third-order valence-corrected chi connectivity index (χ3v) is 4.41. The van der Waals surface area contributed by atoms with Crippen LogP contribution in [0.3, 0.4) is 0 Å². The smallest absolute Gasteiger partial charge is 0.00104 e. The highest BCUT2D eigenvalue weighted by Gasteiger charge is 2.60. The van der Waals surface area contributed by atoms with E-state index in [1.807, 2.05) is 0 Å². The number of hydrogen-bond donors (Lipinski definition) is 1. The molecule has 0 aromatic heterocycles. The van der Waals surface area contributed by atoms with Crippen molar-refractivity contribution < 1.29 is 0 Å². The zero-order chi connectivity index (χ0) is 10.3. The molecule has 0 bridgehead atoms. The molecule has 2 rings (SSSR count). The summed E-state index contributed by atoms with van der Waals surface area (Å²) in [7, 11) is 0. The Labute approximate surface area is 88.7 Å². The van der Waals surface area contributed by atoms with Crippen molar-refractivity contribution >= 4 is 0 Å². The van der Waals surface area contributed by atoms with Gasteiger partial charge in [-0.25, -0.2) is 0 Å². The minimum Gasteiger partial charge on any atom is -0.314 e. The molecule has 82 valence electrons. The van der Waals surface area contributed by atoms with E-state index in [1.165, 1.54) is 25.8 Å². The maximum absolute atomic E-state index is 3.57. The largest absolute Gasteiger partial charge is 0.314 e. The molecule has 2 fully saturated rings. The first-order chi connectivity index (χ1) is 6.53. The van der Waals surface area contributed by atoms with Crippen molar-refractivity contribution in [3.05, 3.63) is 0 Å². The van der Waals surface area contributed by atoms with Crippen LogP contribution >= 0.6 is 0 Å². The third kappa shape index (κ3) is 1.84. The first kappa shape index (κ1) is 10.5. The van der Waals surface area contributed by atoms with Crippen molar-refractivity contribution in [1.29, 1.82) is 0 Å². The predicted molar refractivity (Wildman–Crippen MR) is 61.2 cm³/mol. The van der Waals surface area contributed by atoms with E-state index in [1.54, 1.807) is 0 Å². The van der Waals surface area contributed by atoms with E-state index in [0.717, 1.165) is 23.2 Å². The lowest BCUT2D eigenvalue weighted by Gasteiger charge is -2.40. The second kappa shape index (κ2) is 3.52. The summed E-state index contributed by atoms with van der Waals surface area (Å²) in [6.07, 6.45) is 4.56. The number of rotatable bonds is 4. The van der Waals surface area contributed by atoms with Crippen molar-refractivity contribution in [2.45, 2.75) is 53.0 Å². The Morgan fingerprint density at radius 2 is 1.79 bits per heavy atom. The second-order valence-electron chi connectivity index (χ2n) is 6.24. The fourth-order valence-corrected chi connectivity index (χ4v) is 3.05. The minimum absolute atomic E-state index is 0.661. The van der Waals surface area contributed by atoms with Gasteiger partial charge in [-0.15, -0.1) is 0 Å². The van der Waals surface area contributed by atoms with Crippen LogP contribution in [-0.2, 0) is 0 Å². The van der Waals surface area contributed by atoms with Gasteiger partial charge in [-0.2, -0.15) is 0 Å². The molecule has 2 aliphatic carbocycles. The number of hydrogen-bond acceptors (Lipinski definition) is 1. The van der Waals surface area contributed by atoms with Crippen LogP contribution in [0, 0.1) is 23.2 Å². The van der Waals surface area contributed by atoms with Crippen LogP contribution in [0.5, 0.6) is 0 Å². The Bertz CT molecular complexity index is 201. The van der Waals surface area contributed by atoms with Crippen molar-refractivity contribution in [3.8, 4) is 0 Å². The van der Waals surface area contributed by atoms with Gasteiger partial charge in [0, 0.05) is 6.04 Å². The van der Waals surface area contributed by atoms with Gasteiger partial charge < -0.3 is 5.32 Å². The van der Waals surface area contributed by atoms with Crippen LogP contribution in [0.4, 0.5) is 0 Å². The molecular weight excluding hydrogens is 170 g/mol. The van der Waals surface area contributed by atoms with Gasteiger partial charge in [0.1, 0.15) is 0 Å². The van der Waals surface area contributed by atoms with Crippen LogP contribution in [0.2, 0.25) is 0 Å². The molecule has 0 heterocycles. The highest BCUT2D eigenvalue weighted by atomic mass is 14.9. The van der Waals surface area contributed by atoms with Gasteiger partial charge in [-0.3, -0.25) is 0 Å². The van der Waals surface area contributed by atoms with Gasteiger partial charge in [0.05, 0.1) is 0 Å². The summed E-state index contributed by atoms with van der Waals surface area (Å²) in [6, 6.07) is 0.661. The summed E-state index contributed by atoms with van der Waals surface area (Å²) in [6.45, 7) is 10.5. The molecule has 1 unspecified atom stereocenters. The van der Waals surface area contributed by atoms with Gasteiger partial charge in [0.2, 0.25) is 0 Å². The number of nitrogens with one attached hydrogen (secondary N) is 1. The average molecular weight is 195 g/mol. The zero-order valence-electron chi connectivity index (χ0n) is 10.1. The van der Waals surface area contributed by atoms with E-state index in [4.69, 9.17) is 0 Å². The lowest BCUT2D eigenvalue weighted by atomic mass is 9.66. The van der Waals surface area contributed by atoms with Crippen LogP contribution < -0.4 is 5.32 Å². The molecule has 1 spiro atoms. The first-order valence-corrected chi connectivity index (χ1v) is 6.27. The molecule has 2 saturated carbocycles. The van der Waals surface area contributed by atoms with Gasteiger partial charge in [-0.1, -0.05) is 27.7 Å². The second-order valence-corrected chi connectivity index (χ2v) is 6.24. The van der Waals surface area contributed by atoms with E-state index in [2.05, 4.69) is 33.0 Å². The molecule has 1 N–H and O–H groups in total. The molecule has 1 nitrogen and oxygen atoms in total. The fraction of sp³-hybridized carbons (Fsp3) is 1.00. The Hall–Kier alpha value is -0.0400. The maximum Gasteiger partial charge on any atom is 0.00104 e. The Morgan fingerprint density at radius 3 is 2.29 bits per heavy atom. The molecule has 1 atom stereocenters. The normalized spacial score (nSPS) is 40.7. The van der Waals surface area contributed by atoms with Crippen molar-refractivity contribution in [2.75, 3.05) is 6.54 Å². The van der Waals surface area contributed by atoms with Crippen LogP contribution in [0.1, 0.15) is 47.0 Å². The van der Waals surface area contributed by atoms with Gasteiger partial charge >= 0.3 is 0 Å². The van der Waals surface area contributed by atoms with Crippen LogP contribution in [0.15, 0.2) is 0 Å². The van der Waals surface area contributed by atoms with E-state index >= 15 is 0 Å².